The first-order valence-electron chi connectivity index (χ1n) is 4.91. The number of benzene rings is 1. The van der Waals surface area contributed by atoms with Gasteiger partial charge in [0.25, 0.3) is 5.88 Å². The average molecular weight is 252 g/mol. The van der Waals surface area contributed by atoms with Crippen molar-refractivity contribution >= 4 is 29.2 Å². The highest BCUT2D eigenvalue weighted by Crippen LogP contribution is 2.24. The summed E-state index contributed by atoms with van der Waals surface area (Å²) >= 11 is 5.86. The topological polar surface area (TPSA) is 67.2 Å². The van der Waals surface area contributed by atoms with Crippen molar-refractivity contribution in [1.82, 2.24) is 5.16 Å². The van der Waals surface area contributed by atoms with Crippen molar-refractivity contribution in [1.29, 1.82) is 0 Å². The Hall–Kier alpha value is -2.01. The molecule has 0 saturated heterocycles. The Balaban J connectivity index is 2.01. The molecule has 0 radical (unpaired) electrons. The van der Waals surface area contributed by atoms with Crippen molar-refractivity contribution in [2.24, 2.45) is 0 Å². The Morgan fingerprint density at radius 2 is 2.00 bits per heavy atom. The predicted molar refractivity (Wildman–Crippen MR) is 65.3 cm³/mol. The van der Waals surface area contributed by atoms with E-state index in [0.717, 1.165) is 0 Å². The highest BCUT2D eigenvalue weighted by Gasteiger charge is 2.13. The first kappa shape index (κ1) is 11.5. The maximum absolute atomic E-state index is 11.6. The summed E-state index contributed by atoms with van der Waals surface area (Å²) in [6, 6.07) is 8.61. The van der Waals surface area contributed by atoms with Gasteiger partial charge in [-0.1, -0.05) is 35.0 Å². The standard InChI is InChI=1S/C11H10ClN3O2/c1-7-9(12)10(17-15-7)14-11(16)13-8-5-3-2-4-6-8/h2-6H,1H3,(H2,13,14,16). The molecule has 5 nitrogen and oxygen atoms in total. The summed E-state index contributed by atoms with van der Waals surface area (Å²) in [5.74, 6) is 0.137. The second-order valence-electron chi connectivity index (χ2n) is 3.36. The van der Waals surface area contributed by atoms with Crippen LogP contribution in [0.25, 0.3) is 0 Å². The zero-order valence-electron chi connectivity index (χ0n) is 9.03. The lowest BCUT2D eigenvalue weighted by Crippen LogP contribution is -2.19. The Bertz CT molecular complexity index is 525. The first-order chi connectivity index (χ1) is 8.16. The third kappa shape index (κ3) is 2.76. The second kappa shape index (κ2) is 4.88. The minimum absolute atomic E-state index is 0.137. The second-order valence-corrected chi connectivity index (χ2v) is 3.73. The number of anilines is 2. The van der Waals surface area contributed by atoms with E-state index in [0.29, 0.717) is 16.4 Å². The molecular weight excluding hydrogens is 242 g/mol. The van der Waals surface area contributed by atoms with Crippen molar-refractivity contribution in [3.05, 3.63) is 41.0 Å². The van der Waals surface area contributed by atoms with Gasteiger partial charge in [0.2, 0.25) is 0 Å². The number of nitrogens with one attached hydrogen (secondary N) is 2. The molecule has 0 aliphatic rings. The van der Waals surface area contributed by atoms with Crippen LogP contribution in [0.3, 0.4) is 0 Å². The molecule has 2 rings (SSSR count). The van der Waals surface area contributed by atoms with E-state index in [1.54, 1.807) is 19.1 Å². The van der Waals surface area contributed by atoms with E-state index in [1.165, 1.54) is 0 Å². The molecule has 2 amide bonds. The summed E-state index contributed by atoms with van der Waals surface area (Å²) in [7, 11) is 0. The zero-order chi connectivity index (χ0) is 12.3. The van der Waals surface area contributed by atoms with Crippen molar-refractivity contribution in [3.8, 4) is 0 Å². The van der Waals surface area contributed by atoms with Crippen LogP contribution in [0.1, 0.15) is 5.69 Å². The minimum atomic E-state index is -0.436. The zero-order valence-corrected chi connectivity index (χ0v) is 9.78. The van der Waals surface area contributed by atoms with Gasteiger partial charge in [-0.15, -0.1) is 0 Å². The van der Waals surface area contributed by atoms with E-state index in [9.17, 15) is 4.79 Å². The number of aromatic nitrogens is 1. The highest BCUT2D eigenvalue weighted by molar-refractivity contribution is 6.33. The summed E-state index contributed by atoms with van der Waals surface area (Å²) in [5, 5.41) is 9.02. The average Bonchev–Trinajstić information content (AvgIpc) is 2.62. The van der Waals surface area contributed by atoms with Crippen LogP contribution >= 0.6 is 11.6 Å². The van der Waals surface area contributed by atoms with Crippen LogP contribution < -0.4 is 10.6 Å². The number of urea groups is 1. The number of carbonyl (C=O) groups excluding carboxylic acids is 1. The van der Waals surface area contributed by atoms with Gasteiger partial charge in [-0.25, -0.2) is 4.79 Å². The molecular formula is C11H10ClN3O2. The van der Waals surface area contributed by atoms with Gasteiger partial charge in [0.05, 0.1) is 0 Å². The lowest BCUT2D eigenvalue weighted by Gasteiger charge is -2.04. The number of rotatable bonds is 2. The van der Waals surface area contributed by atoms with Gasteiger partial charge in [-0.3, -0.25) is 5.32 Å². The monoisotopic (exact) mass is 251 g/mol. The molecule has 1 aromatic heterocycles. The minimum Gasteiger partial charge on any atom is -0.336 e. The van der Waals surface area contributed by atoms with Crippen molar-refractivity contribution in [3.63, 3.8) is 0 Å². The number of nitrogens with zero attached hydrogens (tertiary/aromatic N) is 1. The quantitative estimate of drug-likeness (QED) is 0.861. The number of para-hydroxylation sites is 1. The molecule has 2 N–H and O–H groups in total. The van der Waals surface area contributed by atoms with E-state index >= 15 is 0 Å². The van der Waals surface area contributed by atoms with Gasteiger partial charge in [0.15, 0.2) is 0 Å². The lowest BCUT2D eigenvalue weighted by atomic mass is 10.3. The molecule has 88 valence electrons. The summed E-state index contributed by atoms with van der Waals surface area (Å²) in [6.45, 7) is 1.69. The van der Waals surface area contributed by atoms with Gasteiger partial charge in [0.1, 0.15) is 10.7 Å². The fraction of sp³-hybridized carbons (Fsp3) is 0.0909. The van der Waals surface area contributed by atoms with Crippen molar-refractivity contribution in [2.75, 3.05) is 10.6 Å². The fourth-order valence-corrected chi connectivity index (χ4v) is 1.34. The van der Waals surface area contributed by atoms with E-state index in [-0.39, 0.29) is 5.88 Å². The molecule has 0 fully saturated rings. The van der Waals surface area contributed by atoms with Gasteiger partial charge in [-0.2, -0.15) is 0 Å². The highest BCUT2D eigenvalue weighted by atomic mass is 35.5. The molecule has 6 heteroatoms. The number of halogens is 1. The Labute approximate surface area is 103 Å². The molecule has 17 heavy (non-hydrogen) atoms. The number of carbonyl (C=O) groups is 1. The number of hydrogen-bond acceptors (Lipinski definition) is 3. The number of amides is 2. The number of hydrogen-bond donors (Lipinski definition) is 2. The van der Waals surface area contributed by atoms with Crippen LogP contribution in [0.4, 0.5) is 16.4 Å². The van der Waals surface area contributed by atoms with E-state index < -0.39 is 6.03 Å². The molecule has 0 atom stereocenters. The Morgan fingerprint density at radius 1 is 1.29 bits per heavy atom. The predicted octanol–water partition coefficient (Wildman–Crippen LogP) is 3.28. The van der Waals surface area contributed by atoms with Gasteiger partial charge >= 0.3 is 6.03 Å². The summed E-state index contributed by atoms with van der Waals surface area (Å²) in [5.41, 5.74) is 1.21. The molecule has 0 bridgehead atoms. The van der Waals surface area contributed by atoms with Crippen LogP contribution in [0.5, 0.6) is 0 Å². The molecule has 0 spiro atoms. The fourth-order valence-electron chi connectivity index (χ4n) is 1.22. The third-order valence-electron chi connectivity index (χ3n) is 2.05. The summed E-state index contributed by atoms with van der Waals surface area (Å²) < 4.78 is 4.85. The van der Waals surface area contributed by atoms with E-state index in [2.05, 4.69) is 15.8 Å². The molecule has 0 aliphatic heterocycles. The van der Waals surface area contributed by atoms with Gasteiger partial charge in [-0.05, 0) is 19.1 Å². The van der Waals surface area contributed by atoms with E-state index in [4.69, 9.17) is 16.1 Å². The van der Waals surface area contributed by atoms with Crippen LogP contribution in [0, 0.1) is 6.92 Å². The van der Waals surface area contributed by atoms with Crippen LogP contribution in [-0.4, -0.2) is 11.2 Å². The van der Waals surface area contributed by atoms with E-state index in [1.807, 2.05) is 18.2 Å². The van der Waals surface area contributed by atoms with Gasteiger partial charge in [0, 0.05) is 5.69 Å². The molecule has 0 saturated carbocycles. The Morgan fingerprint density at radius 3 is 2.59 bits per heavy atom. The normalized spacial score (nSPS) is 10.0. The summed E-state index contributed by atoms with van der Waals surface area (Å²) in [4.78, 5) is 11.6. The van der Waals surface area contributed by atoms with Crippen LogP contribution in [-0.2, 0) is 0 Å². The molecule has 2 aromatic rings. The maximum Gasteiger partial charge on any atom is 0.326 e. The van der Waals surface area contributed by atoms with Crippen molar-refractivity contribution < 1.29 is 9.32 Å². The summed E-state index contributed by atoms with van der Waals surface area (Å²) in [6.07, 6.45) is 0. The Kier molecular flexibility index (Phi) is 3.30. The van der Waals surface area contributed by atoms with Crippen LogP contribution in [0.2, 0.25) is 5.02 Å². The molecule has 1 heterocycles. The SMILES string of the molecule is Cc1noc(NC(=O)Nc2ccccc2)c1Cl. The maximum atomic E-state index is 11.6. The van der Waals surface area contributed by atoms with Crippen LogP contribution in [0.15, 0.2) is 34.9 Å². The molecule has 1 aromatic carbocycles. The number of aryl methyl sites for hydroxylation is 1. The van der Waals surface area contributed by atoms with Crippen molar-refractivity contribution in [2.45, 2.75) is 6.92 Å². The lowest BCUT2D eigenvalue weighted by molar-refractivity contribution is 0.261. The third-order valence-corrected chi connectivity index (χ3v) is 2.49. The first-order valence-corrected chi connectivity index (χ1v) is 5.29. The van der Waals surface area contributed by atoms with Gasteiger partial charge < -0.3 is 9.84 Å². The molecule has 0 unspecified atom stereocenters. The largest absolute Gasteiger partial charge is 0.336 e. The molecule has 0 aliphatic carbocycles. The smallest absolute Gasteiger partial charge is 0.326 e.